The monoisotopic (exact) mass is 315 g/mol. The van der Waals surface area contributed by atoms with E-state index in [2.05, 4.69) is 9.80 Å². The highest BCUT2D eigenvalue weighted by Crippen LogP contribution is 2.25. The summed E-state index contributed by atoms with van der Waals surface area (Å²) in [6.07, 6.45) is 4.95. The van der Waals surface area contributed by atoms with Crippen LogP contribution in [0.3, 0.4) is 0 Å². The molecule has 4 heteroatoms. The number of rotatable bonds is 4. The Morgan fingerprint density at radius 2 is 1.83 bits per heavy atom. The van der Waals surface area contributed by atoms with Crippen LogP contribution in [-0.4, -0.2) is 47.9 Å². The molecule has 1 aromatic rings. The second-order valence-corrected chi connectivity index (χ2v) is 7.05. The van der Waals surface area contributed by atoms with Gasteiger partial charge in [0, 0.05) is 25.2 Å². The molecule has 1 aromatic carbocycles. The van der Waals surface area contributed by atoms with Crippen LogP contribution in [0.5, 0.6) is 0 Å². The Labute approximate surface area is 139 Å². The van der Waals surface area contributed by atoms with Crippen LogP contribution in [0.2, 0.25) is 0 Å². The number of nitrogens with zero attached hydrogens (tertiary/aromatic N) is 2. The summed E-state index contributed by atoms with van der Waals surface area (Å²) in [4.78, 5) is 17.5. The normalized spacial score (nSPS) is 25.3. The fourth-order valence-electron chi connectivity index (χ4n) is 3.97. The van der Waals surface area contributed by atoms with Gasteiger partial charge < -0.3 is 10.6 Å². The van der Waals surface area contributed by atoms with Gasteiger partial charge in [0.1, 0.15) is 0 Å². The Morgan fingerprint density at radius 3 is 2.52 bits per heavy atom. The number of benzene rings is 1. The molecule has 1 amide bonds. The standard InChI is InChI=1S/C19H29N3O/c1-15(18(20)16-8-3-2-4-9-16)19(23)22-13-7-10-17(14-22)21-11-5-6-12-21/h2-4,8-9,15,17-18H,5-7,10-14,20H2,1H3. The number of nitrogens with two attached hydrogens (primary N) is 1. The molecule has 0 saturated carbocycles. The lowest BCUT2D eigenvalue weighted by Crippen LogP contribution is -2.51. The second kappa shape index (κ2) is 7.45. The predicted octanol–water partition coefficient (Wildman–Crippen LogP) is 2.41. The molecule has 0 aliphatic carbocycles. The SMILES string of the molecule is CC(C(=O)N1CCCC(N2CCCC2)C1)C(N)c1ccccc1. The van der Waals surface area contributed by atoms with Crippen molar-refractivity contribution in [2.75, 3.05) is 26.2 Å². The van der Waals surface area contributed by atoms with E-state index >= 15 is 0 Å². The van der Waals surface area contributed by atoms with Crippen LogP contribution < -0.4 is 5.73 Å². The van der Waals surface area contributed by atoms with Crippen LogP contribution in [0.4, 0.5) is 0 Å². The summed E-state index contributed by atoms with van der Waals surface area (Å²) in [6, 6.07) is 10.3. The maximum atomic E-state index is 12.9. The lowest BCUT2D eigenvalue weighted by Gasteiger charge is -2.39. The minimum absolute atomic E-state index is 0.172. The molecule has 0 radical (unpaired) electrons. The maximum Gasteiger partial charge on any atom is 0.227 e. The Kier molecular flexibility index (Phi) is 5.34. The molecule has 3 unspecified atom stereocenters. The molecular weight excluding hydrogens is 286 g/mol. The summed E-state index contributed by atoms with van der Waals surface area (Å²) in [7, 11) is 0. The van der Waals surface area contributed by atoms with Crippen molar-refractivity contribution in [2.45, 2.75) is 44.7 Å². The lowest BCUT2D eigenvalue weighted by molar-refractivity contribution is -0.137. The van der Waals surface area contributed by atoms with E-state index in [4.69, 9.17) is 5.73 Å². The third kappa shape index (κ3) is 3.75. The van der Waals surface area contributed by atoms with Crippen LogP contribution >= 0.6 is 0 Å². The second-order valence-electron chi connectivity index (χ2n) is 7.05. The van der Waals surface area contributed by atoms with Gasteiger partial charge in [0.05, 0.1) is 5.92 Å². The first-order chi connectivity index (χ1) is 11.2. The van der Waals surface area contributed by atoms with Gasteiger partial charge in [-0.3, -0.25) is 9.69 Å². The third-order valence-corrected chi connectivity index (χ3v) is 5.48. The van der Waals surface area contributed by atoms with E-state index < -0.39 is 0 Å². The minimum atomic E-state index is -0.226. The van der Waals surface area contributed by atoms with E-state index in [-0.39, 0.29) is 17.9 Å². The fraction of sp³-hybridized carbons (Fsp3) is 0.632. The Hall–Kier alpha value is -1.39. The van der Waals surface area contributed by atoms with Crippen LogP contribution in [0.25, 0.3) is 0 Å². The van der Waals surface area contributed by atoms with E-state index in [0.717, 1.165) is 25.1 Å². The Morgan fingerprint density at radius 1 is 1.13 bits per heavy atom. The van der Waals surface area contributed by atoms with Gasteiger partial charge in [-0.15, -0.1) is 0 Å². The molecule has 126 valence electrons. The Bertz CT molecular complexity index is 513. The molecule has 23 heavy (non-hydrogen) atoms. The molecule has 2 saturated heterocycles. The van der Waals surface area contributed by atoms with Crippen molar-refractivity contribution in [3.8, 4) is 0 Å². The maximum absolute atomic E-state index is 12.9. The van der Waals surface area contributed by atoms with E-state index in [9.17, 15) is 4.79 Å². The number of amides is 1. The number of piperidine rings is 1. The predicted molar refractivity (Wildman–Crippen MR) is 92.9 cm³/mol. The van der Waals surface area contributed by atoms with E-state index in [1.165, 1.54) is 32.4 Å². The number of hydrogen-bond donors (Lipinski definition) is 1. The van der Waals surface area contributed by atoms with Crippen LogP contribution in [0.15, 0.2) is 30.3 Å². The highest BCUT2D eigenvalue weighted by Gasteiger charge is 2.32. The molecule has 3 rings (SSSR count). The average Bonchev–Trinajstić information content (AvgIpc) is 3.15. The summed E-state index contributed by atoms with van der Waals surface area (Å²) >= 11 is 0. The van der Waals surface area contributed by atoms with Crippen molar-refractivity contribution in [2.24, 2.45) is 11.7 Å². The molecule has 2 aliphatic rings. The van der Waals surface area contributed by atoms with Gasteiger partial charge in [-0.25, -0.2) is 0 Å². The number of likely N-dealkylation sites (tertiary alicyclic amines) is 2. The van der Waals surface area contributed by atoms with Gasteiger partial charge in [-0.1, -0.05) is 37.3 Å². The molecule has 4 nitrogen and oxygen atoms in total. The topological polar surface area (TPSA) is 49.6 Å². The van der Waals surface area contributed by atoms with Crippen molar-refractivity contribution >= 4 is 5.91 Å². The molecule has 0 spiro atoms. The third-order valence-electron chi connectivity index (χ3n) is 5.48. The highest BCUT2D eigenvalue weighted by molar-refractivity contribution is 5.79. The quantitative estimate of drug-likeness (QED) is 0.928. The minimum Gasteiger partial charge on any atom is -0.341 e. The van der Waals surface area contributed by atoms with Crippen molar-refractivity contribution in [3.63, 3.8) is 0 Å². The molecule has 2 N–H and O–H groups in total. The van der Waals surface area contributed by atoms with Gasteiger partial charge in [0.25, 0.3) is 0 Å². The van der Waals surface area contributed by atoms with Crippen molar-refractivity contribution in [1.82, 2.24) is 9.80 Å². The van der Waals surface area contributed by atoms with Gasteiger partial charge in [0.15, 0.2) is 0 Å². The van der Waals surface area contributed by atoms with Gasteiger partial charge in [-0.2, -0.15) is 0 Å². The van der Waals surface area contributed by atoms with Crippen LogP contribution in [-0.2, 0) is 4.79 Å². The summed E-state index contributed by atoms with van der Waals surface area (Å²) in [5.74, 6) is 0.0416. The molecular formula is C19H29N3O. The van der Waals surface area contributed by atoms with Crippen molar-refractivity contribution in [3.05, 3.63) is 35.9 Å². The molecule has 2 aliphatic heterocycles. The number of hydrogen-bond acceptors (Lipinski definition) is 3. The first-order valence-corrected chi connectivity index (χ1v) is 9.00. The van der Waals surface area contributed by atoms with Crippen molar-refractivity contribution < 1.29 is 4.79 Å². The lowest BCUT2D eigenvalue weighted by atomic mass is 9.93. The average molecular weight is 315 g/mol. The zero-order chi connectivity index (χ0) is 16.2. The van der Waals surface area contributed by atoms with E-state index in [1.807, 2.05) is 37.3 Å². The summed E-state index contributed by atoms with van der Waals surface area (Å²) in [6.45, 7) is 6.14. The summed E-state index contributed by atoms with van der Waals surface area (Å²) in [5.41, 5.74) is 7.39. The zero-order valence-corrected chi connectivity index (χ0v) is 14.2. The zero-order valence-electron chi connectivity index (χ0n) is 14.2. The first kappa shape index (κ1) is 16.5. The van der Waals surface area contributed by atoms with Gasteiger partial charge in [0.2, 0.25) is 5.91 Å². The molecule has 0 bridgehead atoms. The van der Waals surface area contributed by atoms with Crippen LogP contribution in [0, 0.1) is 5.92 Å². The number of carbonyl (C=O) groups excluding carboxylic acids is 1. The first-order valence-electron chi connectivity index (χ1n) is 9.00. The van der Waals surface area contributed by atoms with E-state index in [1.54, 1.807) is 0 Å². The van der Waals surface area contributed by atoms with Gasteiger partial charge in [-0.05, 0) is 44.3 Å². The van der Waals surface area contributed by atoms with E-state index in [0.29, 0.717) is 6.04 Å². The smallest absolute Gasteiger partial charge is 0.227 e. The van der Waals surface area contributed by atoms with Crippen molar-refractivity contribution in [1.29, 1.82) is 0 Å². The fourth-order valence-corrected chi connectivity index (χ4v) is 3.97. The van der Waals surface area contributed by atoms with Gasteiger partial charge >= 0.3 is 0 Å². The molecule has 2 heterocycles. The number of carbonyl (C=O) groups is 1. The van der Waals surface area contributed by atoms with Crippen LogP contribution in [0.1, 0.15) is 44.2 Å². The largest absolute Gasteiger partial charge is 0.341 e. The molecule has 3 atom stereocenters. The molecule has 0 aromatic heterocycles. The summed E-state index contributed by atoms with van der Waals surface area (Å²) in [5, 5.41) is 0. The Balaban J connectivity index is 1.62. The summed E-state index contributed by atoms with van der Waals surface area (Å²) < 4.78 is 0. The molecule has 2 fully saturated rings. The highest BCUT2D eigenvalue weighted by atomic mass is 16.2.